The zero-order chi connectivity index (χ0) is 10.4. The number of hydrogen-bond acceptors (Lipinski definition) is 4. The summed E-state index contributed by atoms with van der Waals surface area (Å²) in [5.41, 5.74) is 0. The molecule has 0 bridgehead atoms. The number of carbonyl (C=O) groups is 1. The number of carboxylic acid groups (broad SMARTS) is 1. The van der Waals surface area contributed by atoms with Crippen molar-refractivity contribution in [3.05, 3.63) is 0 Å². The second kappa shape index (κ2) is 5.90. The Morgan fingerprint density at radius 3 is 2.23 bits per heavy atom. The zero-order valence-electron chi connectivity index (χ0n) is 8.48. The Labute approximate surface area is 78.2 Å². The minimum atomic E-state index is -0.853. The van der Waals surface area contributed by atoms with Crippen LogP contribution in [0.15, 0.2) is 0 Å². The lowest BCUT2D eigenvalue weighted by Crippen LogP contribution is -2.41. The first-order valence-corrected chi connectivity index (χ1v) is 4.01. The number of hydrogen-bond donors (Lipinski definition) is 1. The van der Waals surface area contributed by atoms with E-state index in [2.05, 4.69) is 0 Å². The normalized spacial score (nSPS) is 13.7. The highest BCUT2D eigenvalue weighted by Crippen LogP contribution is 2.00. The van der Waals surface area contributed by atoms with Crippen molar-refractivity contribution in [2.24, 2.45) is 0 Å². The van der Waals surface area contributed by atoms with Crippen molar-refractivity contribution in [1.82, 2.24) is 4.90 Å². The van der Waals surface area contributed by atoms with Crippen molar-refractivity contribution in [1.29, 1.82) is 0 Å². The Bertz CT molecular complexity index is 158. The minimum Gasteiger partial charge on any atom is -0.480 e. The summed E-state index contributed by atoms with van der Waals surface area (Å²) in [6, 6.07) is -0.534. The SMILES string of the molecule is COC(CN(C)[C@H](C)C(=O)O)OC. The van der Waals surface area contributed by atoms with Crippen LogP contribution in [0, 0.1) is 0 Å². The fourth-order valence-corrected chi connectivity index (χ4v) is 0.827. The lowest BCUT2D eigenvalue weighted by atomic mass is 10.3. The van der Waals surface area contributed by atoms with Crippen LogP contribution in [0.1, 0.15) is 6.92 Å². The van der Waals surface area contributed by atoms with E-state index in [1.54, 1.807) is 18.9 Å². The van der Waals surface area contributed by atoms with Gasteiger partial charge in [0.25, 0.3) is 0 Å². The van der Waals surface area contributed by atoms with E-state index in [1.807, 2.05) is 0 Å². The van der Waals surface area contributed by atoms with Crippen molar-refractivity contribution < 1.29 is 19.4 Å². The highest BCUT2D eigenvalue weighted by Gasteiger charge is 2.19. The van der Waals surface area contributed by atoms with E-state index in [0.29, 0.717) is 6.54 Å². The molecule has 78 valence electrons. The van der Waals surface area contributed by atoms with Crippen LogP contribution >= 0.6 is 0 Å². The predicted octanol–water partition coefficient (Wildman–Crippen LogP) is 0.0102. The molecule has 0 saturated carbocycles. The van der Waals surface area contributed by atoms with Gasteiger partial charge in [-0.1, -0.05) is 0 Å². The number of ether oxygens (including phenoxy) is 2. The first-order valence-electron chi connectivity index (χ1n) is 4.01. The van der Waals surface area contributed by atoms with Crippen molar-refractivity contribution in [2.75, 3.05) is 27.8 Å². The number of nitrogens with zero attached hydrogens (tertiary/aromatic N) is 1. The van der Waals surface area contributed by atoms with Crippen molar-refractivity contribution in [3.8, 4) is 0 Å². The first kappa shape index (κ1) is 12.3. The summed E-state index contributed by atoms with van der Waals surface area (Å²) in [6.45, 7) is 2.05. The molecule has 0 saturated heterocycles. The van der Waals surface area contributed by atoms with Crippen molar-refractivity contribution in [2.45, 2.75) is 19.3 Å². The van der Waals surface area contributed by atoms with E-state index < -0.39 is 12.0 Å². The van der Waals surface area contributed by atoms with Crippen LogP contribution in [0.3, 0.4) is 0 Å². The van der Waals surface area contributed by atoms with E-state index in [4.69, 9.17) is 14.6 Å². The van der Waals surface area contributed by atoms with Gasteiger partial charge < -0.3 is 14.6 Å². The maximum atomic E-state index is 10.6. The Morgan fingerprint density at radius 2 is 1.92 bits per heavy atom. The Kier molecular flexibility index (Phi) is 5.61. The van der Waals surface area contributed by atoms with Gasteiger partial charge in [-0.25, -0.2) is 0 Å². The highest BCUT2D eigenvalue weighted by molar-refractivity contribution is 5.72. The fourth-order valence-electron chi connectivity index (χ4n) is 0.827. The molecule has 0 amide bonds. The molecule has 0 rings (SSSR count). The molecule has 0 heterocycles. The molecule has 1 atom stereocenters. The summed E-state index contributed by atoms with van der Waals surface area (Å²) in [5.74, 6) is -0.853. The summed E-state index contributed by atoms with van der Waals surface area (Å²) in [5, 5.41) is 8.69. The predicted molar refractivity (Wildman–Crippen MR) is 47.5 cm³/mol. The van der Waals surface area contributed by atoms with E-state index in [9.17, 15) is 4.79 Å². The van der Waals surface area contributed by atoms with Crippen LogP contribution in [-0.2, 0) is 14.3 Å². The van der Waals surface area contributed by atoms with Gasteiger partial charge in [-0.3, -0.25) is 9.69 Å². The molecular weight excluding hydrogens is 174 g/mol. The van der Waals surface area contributed by atoms with Gasteiger partial charge >= 0.3 is 5.97 Å². The molecule has 0 aliphatic carbocycles. The summed E-state index contributed by atoms with van der Waals surface area (Å²) in [4.78, 5) is 12.2. The molecule has 1 N–H and O–H groups in total. The molecule has 0 aromatic rings. The Morgan fingerprint density at radius 1 is 1.46 bits per heavy atom. The summed E-state index contributed by atoms with van der Waals surface area (Å²) in [7, 11) is 4.75. The molecule has 0 aromatic heterocycles. The minimum absolute atomic E-state index is 0.383. The molecule has 5 nitrogen and oxygen atoms in total. The quantitative estimate of drug-likeness (QED) is 0.599. The van der Waals surface area contributed by atoms with Gasteiger partial charge in [-0.2, -0.15) is 0 Å². The molecule has 13 heavy (non-hydrogen) atoms. The van der Waals surface area contributed by atoms with E-state index in [0.717, 1.165) is 0 Å². The van der Waals surface area contributed by atoms with Gasteiger partial charge in [0.05, 0.1) is 0 Å². The van der Waals surface area contributed by atoms with E-state index in [-0.39, 0.29) is 6.29 Å². The standard InChI is InChI=1S/C8H17NO4/c1-6(8(10)11)9(2)5-7(12-3)13-4/h6-7H,5H2,1-4H3,(H,10,11)/t6-/m1/s1. The second-order valence-electron chi connectivity index (χ2n) is 2.85. The van der Waals surface area contributed by atoms with Gasteiger partial charge in [-0.15, -0.1) is 0 Å². The number of methoxy groups -OCH3 is 2. The summed E-state index contributed by atoms with van der Waals surface area (Å²) >= 11 is 0. The van der Waals surface area contributed by atoms with Crippen LogP contribution in [0.2, 0.25) is 0 Å². The smallest absolute Gasteiger partial charge is 0.320 e. The number of carboxylic acids is 1. The third kappa shape index (κ3) is 4.21. The van der Waals surface area contributed by atoms with Crippen LogP contribution < -0.4 is 0 Å². The fraction of sp³-hybridized carbons (Fsp3) is 0.875. The van der Waals surface area contributed by atoms with Gasteiger partial charge in [-0.05, 0) is 14.0 Å². The van der Waals surface area contributed by atoms with Crippen LogP contribution in [0.5, 0.6) is 0 Å². The highest BCUT2D eigenvalue weighted by atomic mass is 16.7. The van der Waals surface area contributed by atoms with Crippen molar-refractivity contribution in [3.63, 3.8) is 0 Å². The average molecular weight is 191 g/mol. The molecule has 5 heteroatoms. The van der Waals surface area contributed by atoms with Gasteiger partial charge in [0, 0.05) is 20.8 Å². The average Bonchev–Trinajstić information content (AvgIpc) is 2.12. The van der Waals surface area contributed by atoms with E-state index >= 15 is 0 Å². The van der Waals surface area contributed by atoms with Crippen LogP contribution in [-0.4, -0.2) is 56.1 Å². The molecule has 0 aliphatic heterocycles. The monoisotopic (exact) mass is 191 g/mol. The van der Waals surface area contributed by atoms with Gasteiger partial charge in [0.1, 0.15) is 6.04 Å². The molecular formula is C8H17NO4. The third-order valence-corrected chi connectivity index (χ3v) is 1.98. The number of rotatable bonds is 6. The molecule has 0 unspecified atom stereocenters. The lowest BCUT2D eigenvalue weighted by molar-refractivity contribution is -0.147. The summed E-state index contributed by atoms with van der Waals surface area (Å²) in [6.07, 6.45) is -0.383. The zero-order valence-corrected chi connectivity index (χ0v) is 8.48. The first-order chi connectivity index (χ1) is 6.02. The van der Waals surface area contributed by atoms with Gasteiger partial charge in [0.2, 0.25) is 0 Å². The molecule has 0 radical (unpaired) electrons. The topological polar surface area (TPSA) is 59.0 Å². The van der Waals surface area contributed by atoms with E-state index in [1.165, 1.54) is 14.2 Å². The van der Waals surface area contributed by atoms with Crippen molar-refractivity contribution >= 4 is 5.97 Å². The maximum Gasteiger partial charge on any atom is 0.320 e. The molecule has 0 aromatic carbocycles. The van der Waals surface area contributed by atoms with Crippen LogP contribution in [0.25, 0.3) is 0 Å². The molecule has 0 aliphatic rings. The Hall–Kier alpha value is -0.650. The number of likely N-dealkylation sites (N-methyl/N-ethyl adjacent to an activating group) is 1. The third-order valence-electron chi connectivity index (χ3n) is 1.98. The molecule has 0 spiro atoms. The number of aliphatic carboxylic acids is 1. The largest absolute Gasteiger partial charge is 0.480 e. The summed E-state index contributed by atoms with van der Waals surface area (Å²) < 4.78 is 9.89. The molecule has 0 fully saturated rings. The Balaban J connectivity index is 3.97. The van der Waals surface area contributed by atoms with Crippen LogP contribution in [0.4, 0.5) is 0 Å². The maximum absolute atomic E-state index is 10.6. The van der Waals surface area contributed by atoms with Gasteiger partial charge in [0.15, 0.2) is 6.29 Å². The lowest BCUT2D eigenvalue weighted by Gasteiger charge is -2.24. The second-order valence-corrected chi connectivity index (χ2v) is 2.85.